The molecule has 1 saturated heterocycles. The molecule has 4 aromatic rings. The third kappa shape index (κ3) is 5.66. The summed E-state index contributed by atoms with van der Waals surface area (Å²) in [4.78, 5) is 25.0. The van der Waals surface area contributed by atoms with Crippen molar-refractivity contribution in [3.63, 3.8) is 0 Å². The summed E-state index contributed by atoms with van der Waals surface area (Å²) in [5, 5.41) is 19.3. The molecule has 0 spiro atoms. The summed E-state index contributed by atoms with van der Waals surface area (Å²) in [6, 6.07) is 7.83. The molecule has 0 radical (unpaired) electrons. The van der Waals surface area contributed by atoms with E-state index in [1.807, 2.05) is 19.2 Å². The van der Waals surface area contributed by atoms with Crippen LogP contribution in [0, 0.1) is 5.92 Å². The maximum Gasteiger partial charge on any atom is 0.490 e. The molecule has 0 bridgehead atoms. The van der Waals surface area contributed by atoms with Crippen LogP contribution < -0.4 is 15.8 Å². The van der Waals surface area contributed by atoms with E-state index in [1.54, 1.807) is 12.3 Å². The van der Waals surface area contributed by atoms with Gasteiger partial charge in [0.05, 0.1) is 18.3 Å². The van der Waals surface area contributed by atoms with Crippen molar-refractivity contribution in [2.75, 3.05) is 19.7 Å². The zero-order valence-corrected chi connectivity index (χ0v) is 19.8. The zero-order valence-electron chi connectivity index (χ0n) is 19.8. The van der Waals surface area contributed by atoms with Crippen molar-refractivity contribution < 1.29 is 32.6 Å². The van der Waals surface area contributed by atoms with Gasteiger partial charge in [-0.25, -0.2) is 9.78 Å². The van der Waals surface area contributed by atoms with Gasteiger partial charge in [-0.3, -0.25) is 9.89 Å². The summed E-state index contributed by atoms with van der Waals surface area (Å²) in [6.07, 6.45) is 0.938. The van der Waals surface area contributed by atoms with Gasteiger partial charge in [0.1, 0.15) is 11.4 Å². The molecule has 37 heavy (non-hydrogen) atoms. The molecule has 3 aromatic heterocycles. The van der Waals surface area contributed by atoms with Gasteiger partial charge in [0.2, 0.25) is 0 Å². The van der Waals surface area contributed by atoms with E-state index in [1.165, 1.54) is 0 Å². The molecule has 1 aromatic carbocycles. The highest BCUT2D eigenvalue weighted by atomic mass is 19.4. The number of halogens is 3. The van der Waals surface area contributed by atoms with Crippen LogP contribution in [0.5, 0.6) is 5.75 Å². The number of hydrogen-bond donors (Lipinski definition) is 4. The first-order chi connectivity index (χ1) is 17.6. The molecule has 0 unspecified atom stereocenters. The van der Waals surface area contributed by atoms with Crippen molar-refractivity contribution in [1.29, 1.82) is 0 Å². The van der Waals surface area contributed by atoms with Crippen LogP contribution in [0.2, 0.25) is 0 Å². The first-order valence-corrected chi connectivity index (χ1v) is 11.4. The van der Waals surface area contributed by atoms with Gasteiger partial charge in [0.25, 0.3) is 5.91 Å². The van der Waals surface area contributed by atoms with Gasteiger partial charge in [-0.2, -0.15) is 18.3 Å². The van der Waals surface area contributed by atoms with Crippen LogP contribution in [-0.4, -0.2) is 62.6 Å². The number of pyridine rings is 1. The smallest absolute Gasteiger partial charge is 0.490 e. The lowest BCUT2D eigenvalue weighted by Gasteiger charge is -2.23. The number of carbonyl (C=O) groups excluding carboxylic acids is 1. The quantitative estimate of drug-likeness (QED) is 0.317. The Kier molecular flexibility index (Phi) is 7.34. The first kappa shape index (κ1) is 25.9. The Morgan fingerprint density at radius 3 is 2.59 bits per heavy atom. The van der Waals surface area contributed by atoms with E-state index < -0.39 is 18.1 Å². The molecule has 0 saturated carbocycles. The van der Waals surface area contributed by atoms with Crippen molar-refractivity contribution in [3.8, 4) is 16.9 Å². The maximum absolute atomic E-state index is 11.9. The lowest BCUT2D eigenvalue weighted by molar-refractivity contribution is -0.192. The molecule has 1 aliphatic heterocycles. The number of carbonyl (C=O) groups is 2. The van der Waals surface area contributed by atoms with Crippen molar-refractivity contribution in [2.24, 2.45) is 18.7 Å². The second-order valence-electron chi connectivity index (χ2n) is 8.66. The fourth-order valence-corrected chi connectivity index (χ4v) is 4.27. The highest BCUT2D eigenvalue weighted by Crippen LogP contribution is 2.39. The monoisotopic (exact) mass is 518 g/mol. The number of aromatic nitrogens is 4. The highest BCUT2D eigenvalue weighted by Gasteiger charge is 2.38. The second kappa shape index (κ2) is 10.5. The molecule has 5 rings (SSSR count). The average molecular weight is 518 g/mol. The second-order valence-corrected chi connectivity index (χ2v) is 8.66. The number of aromatic amines is 1. The number of rotatable bonds is 5. The minimum absolute atomic E-state index is 0.201. The van der Waals surface area contributed by atoms with E-state index in [0.29, 0.717) is 18.2 Å². The predicted octanol–water partition coefficient (Wildman–Crippen LogP) is 3.23. The number of piperidine rings is 1. The molecular weight excluding hydrogens is 493 g/mol. The Hall–Kier alpha value is -4.13. The number of carboxylic acids is 1. The molecule has 5 N–H and O–H groups in total. The third-order valence-corrected chi connectivity index (χ3v) is 6.12. The van der Waals surface area contributed by atoms with Crippen LogP contribution in [0.25, 0.3) is 33.1 Å². The van der Waals surface area contributed by atoms with Crippen molar-refractivity contribution in [3.05, 3.63) is 42.4 Å². The number of primary amides is 1. The molecule has 1 amide bonds. The van der Waals surface area contributed by atoms with E-state index >= 15 is 0 Å². The van der Waals surface area contributed by atoms with Crippen LogP contribution >= 0.6 is 0 Å². The Bertz CT molecular complexity index is 1440. The van der Waals surface area contributed by atoms with Gasteiger partial charge in [0.15, 0.2) is 5.65 Å². The number of hydrogen-bond acceptors (Lipinski definition) is 6. The summed E-state index contributed by atoms with van der Waals surface area (Å²) in [6.45, 7) is 2.78. The number of aryl methyl sites for hydroxylation is 1. The summed E-state index contributed by atoms with van der Waals surface area (Å²) < 4.78 is 40.1. The van der Waals surface area contributed by atoms with Crippen LogP contribution in [0.15, 0.2) is 36.7 Å². The molecule has 10 nitrogen and oxygen atoms in total. The standard InChI is InChI=1S/C22H24N6O2.C2HF3O2/c1-28-11-16(14-9-17(21(23)29)26-22-15(14)10-25-27-22)20-18(28)3-2-4-19(20)30-12-13-5-7-24-8-6-13;3-2(4,5)1(6)7/h2-4,9-11,13,24H,5-8,12H2,1H3,(H2,23,29)(H,25,26,27);(H,6,7). The number of nitrogens with two attached hydrogens (primary N) is 1. The van der Waals surface area contributed by atoms with Gasteiger partial charge < -0.3 is 25.5 Å². The lowest BCUT2D eigenvalue weighted by Crippen LogP contribution is -2.30. The van der Waals surface area contributed by atoms with Gasteiger partial charge in [-0.15, -0.1) is 0 Å². The van der Waals surface area contributed by atoms with E-state index in [0.717, 1.165) is 59.1 Å². The summed E-state index contributed by atoms with van der Waals surface area (Å²) in [7, 11) is 2.01. The summed E-state index contributed by atoms with van der Waals surface area (Å²) in [5.41, 5.74) is 9.14. The van der Waals surface area contributed by atoms with Crippen molar-refractivity contribution >= 4 is 33.8 Å². The first-order valence-electron chi connectivity index (χ1n) is 11.4. The molecule has 4 heterocycles. The Labute approximate surface area is 208 Å². The van der Waals surface area contributed by atoms with Gasteiger partial charge in [-0.1, -0.05) is 6.07 Å². The predicted molar refractivity (Wildman–Crippen MR) is 129 cm³/mol. The number of nitrogens with zero attached hydrogens (tertiary/aromatic N) is 3. The number of amides is 1. The van der Waals surface area contributed by atoms with Gasteiger partial charge in [0, 0.05) is 29.6 Å². The fourth-order valence-electron chi connectivity index (χ4n) is 4.27. The summed E-state index contributed by atoms with van der Waals surface area (Å²) >= 11 is 0. The Morgan fingerprint density at radius 1 is 1.24 bits per heavy atom. The number of alkyl halides is 3. The number of fused-ring (bicyclic) bond motifs is 2. The number of H-pyrrole nitrogens is 1. The number of nitrogens with one attached hydrogen (secondary N) is 2. The zero-order chi connectivity index (χ0) is 26.7. The topological polar surface area (TPSA) is 148 Å². The normalized spacial score (nSPS) is 14.4. The Balaban J connectivity index is 0.000000405. The van der Waals surface area contributed by atoms with Gasteiger partial charge >= 0.3 is 12.1 Å². The van der Waals surface area contributed by atoms with E-state index in [4.69, 9.17) is 20.4 Å². The molecule has 0 atom stereocenters. The number of carboxylic acid groups (broad SMARTS) is 1. The van der Waals surface area contributed by atoms with Crippen molar-refractivity contribution in [1.82, 2.24) is 25.1 Å². The van der Waals surface area contributed by atoms with E-state index in [9.17, 15) is 18.0 Å². The van der Waals surface area contributed by atoms with Crippen LogP contribution in [0.3, 0.4) is 0 Å². The molecule has 1 aliphatic rings. The number of benzene rings is 1. The van der Waals surface area contributed by atoms with Crippen LogP contribution in [0.4, 0.5) is 13.2 Å². The van der Waals surface area contributed by atoms with Crippen LogP contribution in [0.1, 0.15) is 23.3 Å². The van der Waals surface area contributed by atoms with Gasteiger partial charge in [-0.05, 0) is 55.6 Å². The Morgan fingerprint density at radius 2 is 1.95 bits per heavy atom. The molecule has 1 fully saturated rings. The molecular formula is C24H25F3N6O4. The van der Waals surface area contributed by atoms with Crippen LogP contribution in [-0.2, 0) is 11.8 Å². The molecule has 196 valence electrons. The maximum atomic E-state index is 11.9. The summed E-state index contributed by atoms with van der Waals surface area (Å²) in [5.74, 6) is -1.93. The minimum Gasteiger partial charge on any atom is -0.493 e. The minimum atomic E-state index is -5.08. The third-order valence-electron chi connectivity index (χ3n) is 6.12. The largest absolute Gasteiger partial charge is 0.493 e. The SMILES string of the molecule is Cn1cc(-c2cc(C(N)=O)nc3[nH]ncc23)c2c(OCC3CCNCC3)cccc21.O=C(O)C(F)(F)F. The fraction of sp³-hybridized carbons (Fsp3) is 0.333. The van der Waals surface area contributed by atoms with E-state index in [2.05, 4.69) is 37.3 Å². The van der Waals surface area contributed by atoms with Crippen molar-refractivity contribution in [2.45, 2.75) is 19.0 Å². The molecule has 0 aliphatic carbocycles. The highest BCUT2D eigenvalue weighted by molar-refractivity contribution is 6.08. The number of ether oxygens (including phenoxy) is 1. The number of aliphatic carboxylic acids is 1. The average Bonchev–Trinajstić information content (AvgIpc) is 3.47. The molecule has 13 heteroatoms. The lowest BCUT2D eigenvalue weighted by atomic mass is 9.99. The van der Waals surface area contributed by atoms with E-state index in [-0.39, 0.29) is 5.69 Å².